The van der Waals surface area contributed by atoms with Gasteiger partial charge in [0.1, 0.15) is 11.6 Å². The van der Waals surface area contributed by atoms with Gasteiger partial charge in [-0.15, -0.1) is 22.9 Å². The van der Waals surface area contributed by atoms with E-state index in [-0.39, 0.29) is 11.2 Å². The van der Waals surface area contributed by atoms with Gasteiger partial charge in [0.2, 0.25) is 0 Å². The molecular weight excluding hydrogens is 307 g/mol. The van der Waals surface area contributed by atoms with Gasteiger partial charge in [0, 0.05) is 15.8 Å². The molecule has 0 saturated heterocycles. The van der Waals surface area contributed by atoms with Gasteiger partial charge in [0.05, 0.1) is 23.0 Å². The molecule has 3 aromatic rings. The van der Waals surface area contributed by atoms with Crippen LogP contribution in [0.4, 0.5) is 4.39 Å². The highest BCUT2D eigenvalue weighted by molar-refractivity contribution is 7.12. The Balaban J connectivity index is 2.12. The smallest absolute Gasteiger partial charge is 0.128 e. The Morgan fingerprint density at radius 2 is 2.10 bits per heavy atom. The Kier molecular flexibility index (Phi) is 3.76. The number of rotatable bonds is 3. The number of aryl methyl sites for hydroxylation is 2. The van der Waals surface area contributed by atoms with Gasteiger partial charge in [0.15, 0.2) is 0 Å². The molecule has 2 heterocycles. The molecule has 0 spiro atoms. The number of halogens is 2. The van der Waals surface area contributed by atoms with E-state index < -0.39 is 0 Å². The van der Waals surface area contributed by atoms with Crippen LogP contribution in [0, 0.1) is 19.7 Å². The summed E-state index contributed by atoms with van der Waals surface area (Å²) in [5, 5.41) is -0.220. The number of alkyl halides is 1. The summed E-state index contributed by atoms with van der Waals surface area (Å²) in [4.78, 5) is 7.07. The first-order valence-electron chi connectivity index (χ1n) is 6.81. The molecule has 0 fully saturated rings. The van der Waals surface area contributed by atoms with E-state index in [0.717, 1.165) is 11.3 Å². The number of aromatic nitrogens is 2. The van der Waals surface area contributed by atoms with E-state index in [1.54, 1.807) is 17.4 Å². The first kappa shape index (κ1) is 14.5. The summed E-state index contributed by atoms with van der Waals surface area (Å²) in [5.41, 5.74) is 2.87. The Bertz CT molecular complexity index is 785. The molecule has 0 aliphatic heterocycles. The molecule has 2 aromatic heterocycles. The van der Waals surface area contributed by atoms with Gasteiger partial charge in [-0.05, 0) is 44.5 Å². The van der Waals surface area contributed by atoms with Crippen molar-refractivity contribution in [1.82, 2.24) is 9.55 Å². The average molecular weight is 323 g/mol. The van der Waals surface area contributed by atoms with Gasteiger partial charge in [-0.2, -0.15) is 0 Å². The number of hydrogen-bond donors (Lipinski definition) is 0. The highest BCUT2D eigenvalue weighted by atomic mass is 35.5. The van der Waals surface area contributed by atoms with E-state index in [2.05, 4.69) is 29.5 Å². The summed E-state index contributed by atoms with van der Waals surface area (Å²) in [6.45, 7) is 6.84. The van der Waals surface area contributed by atoms with Crippen molar-refractivity contribution in [3.63, 3.8) is 0 Å². The minimum absolute atomic E-state index is 0.220. The van der Waals surface area contributed by atoms with Crippen molar-refractivity contribution in [3.8, 4) is 0 Å². The fraction of sp³-hybridized carbons (Fsp3) is 0.312. The molecular formula is C16H16ClFN2S. The van der Waals surface area contributed by atoms with E-state index in [4.69, 9.17) is 11.6 Å². The largest absolute Gasteiger partial charge is 0.321 e. The van der Waals surface area contributed by atoms with E-state index in [0.29, 0.717) is 12.1 Å². The van der Waals surface area contributed by atoms with E-state index in [1.165, 1.54) is 27.5 Å². The third-order valence-corrected chi connectivity index (χ3v) is 4.96. The maximum absolute atomic E-state index is 13.4. The molecule has 0 amide bonds. The van der Waals surface area contributed by atoms with Crippen molar-refractivity contribution in [3.05, 3.63) is 51.2 Å². The number of nitrogens with zero attached hydrogens (tertiary/aromatic N) is 2. The standard InChI is InChI=1S/C16H16ClFN2S/c1-9-6-13(21-11(9)3)8-20-15-5-4-12(18)7-14(15)19-16(20)10(2)17/h4-7,10H,8H2,1-3H3. The van der Waals surface area contributed by atoms with Crippen molar-refractivity contribution in [1.29, 1.82) is 0 Å². The van der Waals surface area contributed by atoms with E-state index in [1.807, 2.05) is 6.92 Å². The van der Waals surface area contributed by atoms with Crippen LogP contribution >= 0.6 is 22.9 Å². The third-order valence-electron chi connectivity index (χ3n) is 3.63. The molecule has 0 radical (unpaired) electrons. The van der Waals surface area contributed by atoms with Crippen LogP contribution in [0.1, 0.15) is 33.4 Å². The Labute approximate surface area is 132 Å². The maximum Gasteiger partial charge on any atom is 0.128 e. The molecule has 2 nitrogen and oxygen atoms in total. The van der Waals surface area contributed by atoms with Crippen LogP contribution < -0.4 is 0 Å². The summed E-state index contributed by atoms with van der Waals surface area (Å²) in [7, 11) is 0. The Morgan fingerprint density at radius 3 is 2.71 bits per heavy atom. The quantitative estimate of drug-likeness (QED) is 0.606. The van der Waals surface area contributed by atoms with Crippen molar-refractivity contribution in [2.45, 2.75) is 32.7 Å². The third kappa shape index (κ3) is 2.70. The number of imidazole rings is 1. The lowest BCUT2D eigenvalue weighted by Crippen LogP contribution is -2.04. The van der Waals surface area contributed by atoms with Crippen LogP contribution in [0.2, 0.25) is 0 Å². The second-order valence-electron chi connectivity index (χ2n) is 5.26. The Morgan fingerprint density at radius 1 is 1.33 bits per heavy atom. The van der Waals surface area contributed by atoms with Gasteiger partial charge in [-0.1, -0.05) is 0 Å². The molecule has 110 valence electrons. The summed E-state index contributed by atoms with van der Waals surface area (Å²) in [6.07, 6.45) is 0. The Hall–Kier alpha value is -1.39. The van der Waals surface area contributed by atoms with Crippen molar-refractivity contribution < 1.29 is 4.39 Å². The topological polar surface area (TPSA) is 17.8 Å². The van der Waals surface area contributed by atoms with Gasteiger partial charge in [0.25, 0.3) is 0 Å². The molecule has 5 heteroatoms. The van der Waals surface area contributed by atoms with E-state index >= 15 is 0 Å². The molecule has 1 aromatic carbocycles. The maximum atomic E-state index is 13.4. The number of fused-ring (bicyclic) bond motifs is 1. The zero-order chi connectivity index (χ0) is 15.1. The van der Waals surface area contributed by atoms with Gasteiger partial charge in [-0.25, -0.2) is 9.37 Å². The summed E-state index contributed by atoms with van der Waals surface area (Å²) in [5.74, 6) is 0.504. The summed E-state index contributed by atoms with van der Waals surface area (Å²) < 4.78 is 15.5. The van der Waals surface area contributed by atoms with Gasteiger partial charge < -0.3 is 4.57 Å². The molecule has 0 bridgehead atoms. The fourth-order valence-electron chi connectivity index (χ4n) is 2.47. The van der Waals surface area contributed by atoms with Crippen molar-refractivity contribution in [2.24, 2.45) is 0 Å². The lowest BCUT2D eigenvalue weighted by Gasteiger charge is -2.09. The van der Waals surface area contributed by atoms with Crippen molar-refractivity contribution >= 4 is 34.0 Å². The highest BCUT2D eigenvalue weighted by Gasteiger charge is 2.16. The zero-order valence-corrected chi connectivity index (χ0v) is 13.7. The second-order valence-corrected chi connectivity index (χ2v) is 7.25. The van der Waals surface area contributed by atoms with Crippen LogP contribution in [0.15, 0.2) is 24.3 Å². The summed E-state index contributed by atoms with van der Waals surface area (Å²) in [6, 6.07) is 6.89. The average Bonchev–Trinajstić information content (AvgIpc) is 2.91. The SMILES string of the molecule is Cc1cc(Cn2c(C(C)Cl)nc3cc(F)ccc32)sc1C. The van der Waals surface area contributed by atoms with Crippen LogP contribution in [0.5, 0.6) is 0 Å². The zero-order valence-electron chi connectivity index (χ0n) is 12.2. The molecule has 0 N–H and O–H groups in total. The second kappa shape index (κ2) is 5.43. The molecule has 3 rings (SSSR count). The highest BCUT2D eigenvalue weighted by Crippen LogP contribution is 2.28. The first-order chi connectivity index (χ1) is 9.95. The lowest BCUT2D eigenvalue weighted by molar-refractivity contribution is 0.629. The number of thiophene rings is 1. The van der Waals surface area contributed by atoms with Crippen LogP contribution in [0.3, 0.4) is 0 Å². The van der Waals surface area contributed by atoms with E-state index in [9.17, 15) is 4.39 Å². The lowest BCUT2D eigenvalue weighted by atomic mass is 10.2. The predicted octanol–water partition coefficient (Wildman–Crippen LogP) is 5.20. The molecule has 1 atom stereocenters. The first-order valence-corrected chi connectivity index (χ1v) is 8.06. The van der Waals surface area contributed by atoms with Gasteiger partial charge in [-0.3, -0.25) is 0 Å². The number of hydrogen-bond acceptors (Lipinski definition) is 2. The molecule has 0 saturated carbocycles. The minimum atomic E-state index is -0.274. The predicted molar refractivity (Wildman–Crippen MR) is 86.9 cm³/mol. The van der Waals surface area contributed by atoms with Gasteiger partial charge >= 0.3 is 0 Å². The van der Waals surface area contributed by atoms with Crippen molar-refractivity contribution in [2.75, 3.05) is 0 Å². The van der Waals surface area contributed by atoms with Crippen LogP contribution in [-0.2, 0) is 6.54 Å². The van der Waals surface area contributed by atoms with Crippen LogP contribution in [-0.4, -0.2) is 9.55 Å². The van der Waals surface area contributed by atoms with Crippen LogP contribution in [0.25, 0.3) is 11.0 Å². The monoisotopic (exact) mass is 322 g/mol. The molecule has 0 aliphatic carbocycles. The molecule has 1 unspecified atom stereocenters. The minimum Gasteiger partial charge on any atom is -0.321 e. The fourth-order valence-corrected chi connectivity index (χ4v) is 3.68. The summed E-state index contributed by atoms with van der Waals surface area (Å²) >= 11 is 8.03. The normalized spacial score (nSPS) is 13.0. The number of benzene rings is 1. The molecule has 0 aliphatic rings. The molecule has 21 heavy (non-hydrogen) atoms.